The summed E-state index contributed by atoms with van der Waals surface area (Å²) in [7, 11) is 0. The van der Waals surface area contributed by atoms with Crippen LogP contribution in [0.2, 0.25) is 0 Å². The molecule has 0 radical (unpaired) electrons. The highest BCUT2D eigenvalue weighted by molar-refractivity contribution is 5.71. The van der Waals surface area contributed by atoms with E-state index in [2.05, 4.69) is 0 Å². The largest absolute Gasteiger partial charge is 0.479 e. The highest BCUT2D eigenvalue weighted by Crippen LogP contribution is 1.95. The number of carbonyl (C=O) groups is 1. The number of nitrogens with two attached hydrogens (primary N) is 1. The van der Waals surface area contributed by atoms with Crippen molar-refractivity contribution in [2.75, 3.05) is 6.54 Å². The number of aliphatic hydroxyl groups excluding tert-OH is 2. The second-order valence-corrected chi connectivity index (χ2v) is 1.98. The van der Waals surface area contributed by atoms with Gasteiger partial charge >= 0.3 is 5.97 Å². The van der Waals surface area contributed by atoms with Gasteiger partial charge in [-0.3, -0.25) is 0 Å². The molecule has 10 heavy (non-hydrogen) atoms. The van der Waals surface area contributed by atoms with Crippen molar-refractivity contribution in [2.45, 2.75) is 18.6 Å². The molecule has 0 aromatic carbocycles. The molecule has 0 aromatic heterocycles. The average molecular weight is 149 g/mol. The minimum absolute atomic E-state index is 0.0374. The summed E-state index contributed by atoms with van der Waals surface area (Å²) in [6.07, 6.45) is -2.67. The molecule has 60 valence electrons. The van der Waals surface area contributed by atoms with E-state index in [0.29, 0.717) is 0 Å². The van der Waals surface area contributed by atoms with Crippen LogP contribution in [-0.4, -0.2) is 40.0 Å². The molecule has 5 nitrogen and oxygen atoms in total. The summed E-state index contributed by atoms with van der Waals surface area (Å²) in [5, 5.41) is 25.5. The third-order valence-corrected chi connectivity index (χ3v) is 1.05. The normalized spacial score (nSPS) is 16.3. The average Bonchev–Trinajstić information content (AvgIpc) is 1.87. The minimum atomic E-state index is -1.52. The number of hydrogen-bond acceptors (Lipinski definition) is 4. The van der Waals surface area contributed by atoms with Crippen molar-refractivity contribution in [3.05, 3.63) is 0 Å². The number of aliphatic carboxylic acids is 1. The molecule has 0 aliphatic carbocycles. The van der Waals surface area contributed by atoms with Crippen molar-refractivity contribution in [3.8, 4) is 0 Å². The lowest BCUT2D eigenvalue weighted by molar-refractivity contribution is -0.148. The highest BCUT2D eigenvalue weighted by atomic mass is 16.4. The van der Waals surface area contributed by atoms with Gasteiger partial charge in [-0.25, -0.2) is 4.79 Å². The second kappa shape index (κ2) is 4.21. The number of carboxylic acids is 1. The molecule has 0 spiro atoms. The van der Waals surface area contributed by atoms with Gasteiger partial charge in [0.2, 0.25) is 0 Å². The monoisotopic (exact) mass is 149 g/mol. The van der Waals surface area contributed by atoms with Crippen molar-refractivity contribution in [2.24, 2.45) is 5.73 Å². The highest BCUT2D eigenvalue weighted by Gasteiger charge is 2.16. The first kappa shape index (κ1) is 9.35. The molecular formula is C5H11NO4. The van der Waals surface area contributed by atoms with Gasteiger partial charge < -0.3 is 21.1 Å². The van der Waals surface area contributed by atoms with E-state index in [1.807, 2.05) is 0 Å². The van der Waals surface area contributed by atoms with E-state index in [0.717, 1.165) is 0 Å². The van der Waals surface area contributed by atoms with Crippen LogP contribution in [0.3, 0.4) is 0 Å². The Hall–Kier alpha value is -0.650. The Morgan fingerprint density at radius 1 is 1.50 bits per heavy atom. The molecular weight excluding hydrogens is 138 g/mol. The van der Waals surface area contributed by atoms with Crippen molar-refractivity contribution < 1.29 is 20.1 Å². The van der Waals surface area contributed by atoms with Gasteiger partial charge in [0.05, 0.1) is 6.10 Å². The first-order valence-corrected chi connectivity index (χ1v) is 2.87. The summed E-state index contributed by atoms with van der Waals surface area (Å²) in [5.41, 5.74) is 4.97. The lowest BCUT2D eigenvalue weighted by atomic mass is 10.1. The summed E-state index contributed by atoms with van der Waals surface area (Å²) in [4.78, 5) is 9.95. The predicted molar refractivity (Wildman–Crippen MR) is 33.3 cm³/mol. The molecule has 0 saturated heterocycles. The SMILES string of the molecule is NCC(O)CC(O)C(=O)O. The standard InChI is InChI=1S/C5H11NO4/c6-2-3(7)1-4(8)5(9)10/h3-4,7-8H,1-2,6H2,(H,9,10). The maximum absolute atomic E-state index is 9.95. The van der Waals surface area contributed by atoms with E-state index in [1.165, 1.54) is 0 Å². The summed E-state index contributed by atoms with van der Waals surface area (Å²) >= 11 is 0. The van der Waals surface area contributed by atoms with Gasteiger partial charge in [-0.05, 0) is 0 Å². The molecule has 0 fully saturated rings. The zero-order valence-electron chi connectivity index (χ0n) is 5.40. The van der Waals surface area contributed by atoms with Crippen LogP contribution in [0, 0.1) is 0 Å². The predicted octanol–water partition coefficient (Wildman–Crippen LogP) is -1.86. The summed E-state index contributed by atoms with van der Waals surface area (Å²) in [6.45, 7) is -0.0374. The molecule has 0 aliphatic heterocycles. The van der Waals surface area contributed by atoms with Crippen molar-refractivity contribution in [1.29, 1.82) is 0 Å². The van der Waals surface area contributed by atoms with Crippen LogP contribution in [0.4, 0.5) is 0 Å². The molecule has 2 unspecified atom stereocenters. The fraction of sp³-hybridized carbons (Fsp3) is 0.800. The molecule has 0 amide bonds. The van der Waals surface area contributed by atoms with Crippen molar-refractivity contribution in [1.82, 2.24) is 0 Å². The molecule has 0 bridgehead atoms. The van der Waals surface area contributed by atoms with Crippen molar-refractivity contribution in [3.63, 3.8) is 0 Å². The molecule has 5 N–H and O–H groups in total. The van der Waals surface area contributed by atoms with Crippen LogP contribution in [0.1, 0.15) is 6.42 Å². The first-order valence-electron chi connectivity index (χ1n) is 2.87. The van der Waals surface area contributed by atoms with Gasteiger partial charge in [0.1, 0.15) is 0 Å². The van der Waals surface area contributed by atoms with Crippen LogP contribution >= 0.6 is 0 Å². The molecule has 0 aromatic rings. The molecule has 0 saturated carbocycles. The number of rotatable bonds is 4. The molecule has 0 aliphatic rings. The van der Waals surface area contributed by atoms with Gasteiger partial charge in [0.15, 0.2) is 6.10 Å². The van der Waals surface area contributed by atoms with E-state index in [-0.39, 0.29) is 13.0 Å². The zero-order valence-corrected chi connectivity index (χ0v) is 5.40. The van der Waals surface area contributed by atoms with E-state index in [4.69, 9.17) is 21.1 Å². The Labute approximate surface area is 58.1 Å². The summed E-state index contributed by atoms with van der Waals surface area (Å²) in [6, 6.07) is 0. The molecule has 0 rings (SSSR count). The fourth-order valence-electron chi connectivity index (χ4n) is 0.455. The molecule has 0 heterocycles. The van der Waals surface area contributed by atoms with Crippen LogP contribution in [0.5, 0.6) is 0 Å². The summed E-state index contributed by atoms with van der Waals surface area (Å²) < 4.78 is 0. The van der Waals surface area contributed by atoms with E-state index in [9.17, 15) is 4.79 Å². The Bertz CT molecular complexity index is 116. The fourth-order valence-corrected chi connectivity index (χ4v) is 0.455. The smallest absolute Gasteiger partial charge is 0.332 e. The number of carboxylic acid groups (broad SMARTS) is 1. The minimum Gasteiger partial charge on any atom is -0.479 e. The lowest BCUT2D eigenvalue weighted by Gasteiger charge is -2.08. The van der Waals surface area contributed by atoms with Crippen LogP contribution in [0.25, 0.3) is 0 Å². The van der Waals surface area contributed by atoms with Crippen LogP contribution in [-0.2, 0) is 4.79 Å². The Balaban J connectivity index is 3.56. The Morgan fingerprint density at radius 2 is 2.00 bits per heavy atom. The second-order valence-electron chi connectivity index (χ2n) is 1.98. The Kier molecular flexibility index (Phi) is 3.94. The number of aliphatic hydroxyl groups is 2. The number of hydrogen-bond donors (Lipinski definition) is 4. The van der Waals surface area contributed by atoms with Crippen LogP contribution in [0.15, 0.2) is 0 Å². The van der Waals surface area contributed by atoms with Gasteiger partial charge in [0.25, 0.3) is 0 Å². The quantitative estimate of drug-likeness (QED) is 0.375. The van der Waals surface area contributed by atoms with Crippen LogP contribution < -0.4 is 5.73 Å². The van der Waals surface area contributed by atoms with Gasteiger partial charge in [-0.1, -0.05) is 0 Å². The zero-order chi connectivity index (χ0) is 8.15. The van der Waals surface area contributed by atoms with E-state index in [1.54, 1.807) is 0 Å². The third-order valence-electron chi connectivity index (χ3n) is 1.05. The maximum Gasteiger partial charge on any atom is 0.332 e. The topological polar surface area (TPSA) is 104 Å². The van der Waals surface area contributed by atoms with Gasteiger partial charge in [-0.2, -0.15) is 0 Å². The third kappa shape index (κ3) is 3.39. The summed E-state index contributed by atoms with van der Waals surface area (Å²) in [5.74, 6) is -1.34. The maximum atomic E-state index is 9.95. The first-order chi connectivity index (χ1) is 4.57. The van der Waals surface area contributed by atoms with E-state index < -0.39 is 18.2 Å². The van der Waals surface area contributed by atoms with E-state index >= 15 is 0 Å². The van der Waals surface area contributed by atoms with Gasteiger partial charge in [0, 0.05) is 13.0 Å². The molecule has 5 heteroatoms. The molecule has 2 atom stereocenters. The Morgan fingerprint density at radius 3 is 2.30 bits per heavy atom. The van der Waals surface area contributed by atoms with Crippen molar-refractivity contribution >= 4 is 5.97 Å². The lowest BCUT2D eigenvalue weighted by Crippen LogP contribution is -2.29. The van der Waals surface area contributed by atoms with Gasteiger partial charge in [-0.15, -0.1) is 0 Å².